The highest BCUT2D eigenvalue weighted by molar-refractivity contribution is 6.21. The molecule has 3 rings (SSSR count). The minimum Gasteiger partial charge on any atom is -0.330 e. The summed E-state index contributed by atoms with van der Waals surface area (Å²) in [5, 5.41) is 9.30. The minimum atomic E-state index is -0.890. The highest BCUT2D eigenvalue weighted by atomic mass is 16.7. The first-order valence-electron chi connectivity index (χ1n) is 6.30. The summed E-state index contributed by atoms with van der Waals surface area (Å²) in [6, 6.07) is 10.9. The summed E-state index contributed by atoms with van der Waals surface area (Å²) >= 11 is 0. The van der Waals surface area contributed by atoms with Crippen molar-refractivity contribution < 1.29 is 19.2 Å². The van der Waals surface area contributed by atoms with Gasteiger partial charge in [0.25, 0.3) is 11.8 Å². The Morgan fingerprint density at radius 2 is 1.68 bits per heavy atom. The van der Waals surface area contributed by atoms with Gasteiger partial charge in [-0.2, -0.15) is 5.26 Å². The highest BCUT2D eigenvalue weighted by Crippen LogP contribution is 2.23. The molecule has 0 aliphatic carbocycles. The van der Waals surface area contributed by atoms with Gasteiger partial charge in [0.2, 0.25) is 0 Å². The van der Waals surface area contributed by atoms with Crippen molar-refractivity contribution in [1.82, 2.24) is 9.63 Å². The molecule has 0 fully saturated rings. The molecule has 0 saturated heterocycles. The molecule has 2 heterocycles. The van der Waals surface area contributed by atoms with E-state index in [1.165, 1.54) is 35.9 Å². The monoisotopic (exact) mass is 295 g/mol. The molecule has 108 valence electrons. The Hall–Kier alpha value is -3.40. The van der Waals surface area contributed by atoms with Crippen LogP contribution in [0.3, 0.4) is 0 Å². The smallest absolute Gasteiger partial charge is 0.330 e. The number of amides is 2. The molecule has 22 heavy (non-hydrogen) atoms. The maximum absolute atomic E-state index is 12.1. The topological polar surface area (TPSA) is 92.4 Å². The number of hydroxylamine groups is 2. The van der Waals surface area contributed by atoms with Crippen molar-refractivity contribution in [3.8, 4) is 6.07 Å². The molecule has 2 aromatic rings. The molecule has 0 saturated carbocycles. The fourth-order valence-corrected chi connectivity index (χ4v) is 2.21. The molecule has 7 heteroatoms. The lowest BCUT2D eigenvalue weighted by atomic mass is 10.1. The third-order valence-electron chi connectivity index (χ3n) is 3.38. The predicted octanol–water partition coefficient (Wildman–Crippen LogP) is 1.26. The van der Waals surface area contributed by atoms with Crippen molar-refractivity contribution >= 4 is 17.8 Å². The van der Waals surface area contributed by atoms with Crippen molar-refractivity contribution in [3.05, 3.63) is 58.9 Å². The number of benzene rings is 1. The molecule has 0 unspecified atom stereocenters. The zero-order chi connectivity index (χ0) is 15.9. The number of imide groups is 1. The molecule has 0 bridgehead atoms. The fraction of sp³-hybridized carbons (Fsp3) is 0.0667. The molecule has 1 aromatic heterocycles. The van der Waals surface area contributed by atoms with Crippen molar-refractivity contribution in [2.75, 3.05) is 0 Å². The zero-order valence-corrected chi connectivity index (χ0v) is 11.4. The first-order valence-corrected chi connectivity index (χ1v) is 6.30. The third kappa shape index (κ3) is 1.86. The molecule has 0 radical (unpaired) electrons. The van der Waals surface area contributed by atoms with E-state index in [1.54, 1.807) is 12.1 Å². The second-order valence-electron chi connectivity index (χ2n) is 4.60. The van der Waals surface area contributed by atoms with Crippen LogP contribution in [0, 0.1) is 11.3 Å². The number of hydrogen-bond donors (Lipinski definition) is 0. The largest absolute Gasteiger partial charge is 0.380 e. The van der Waals surface area contributed by atoms with Gasteiger partial charge in [-0.25, -0.2) is 4.79 Å². The summed E-state index contributed by atoms with van der Waals surface area (Å²) in [4.78, 5) is 41.2. The molecule has 1 aliphatic heterocycles. The summed E-state index contributed by atoms with van der Waals surface area (Å²) in [5.41, 5.74) is 0.692. The lowest BCUT2D eigenvalue weighted by molar-refractivity contribution is -0.0590. The van der Waals surface area contributed by atoms with Gasteiger partial charge < -0.3 is 9.40 Å². The van der Waals surface area contributed by atoms with E-state index >= 15 is 0 Å². The van der Waals surface area contributed by atoms with Crippen molar-refractivity contribution in [2.45, 2.75) is 0 Å². The number of aromatic nitrogens is 1. The highest BCUT2D eigenvalue weighted by Gasteiger charge is 2.39. The van der Waals surface area contributed by atoms with Gasteiger partial charge in [0, 0.05) is 7.05 Å². The van der Waals surface area contributed by atoms with Gasteiger partial charge in [-0.1, -0.05) is 17.2 Å². The van der Waals surface area contributed by atoms with Crippen LogP contribution >= 0.6 is 0 Å². The Labute approximate surface area is 124 Å². The fourth-order valence-electron chi connectivity index (χ4n) is 2.21. The third-order valence-corrected chi connectivity index (χ3v) is 3.38. The molecule has 1 aliphatic rings. The summed E-state index contributed by atoms with van der Waals surface area (Å²) in [6.45, 7) is 0. The number of carbonyl (C=O) groups is 3. The van der Waals surface area contributed by atoms with Gasteiger partial charge >= 0.3 is 5.97 Å². The van der Waals surface area contributed by atoms with E-state index in [-0.39, 0.29) is 22.5 Å². The first-order chi connectivity index (χ1) is 10.5. The number of nitrogens with zero attached hydrogens (tertiary/aromatic N) is 3. The van der Waals surface area contributed by atoms with Crippen molar-refractivity contribution in [2.24, 2.45) is 7.05 Å². The zero-order valence-electron chi connectivity index (χ0n) is 11.4. The quantitative estimate of drug-likeness (QED) is 0.778. The van der Waals surface area contributed by atoms with E-state index in [0.717, 1.165) is 0 Å². The molecular weight excluding hydrogens is 286 g/mol. The van der Waals surface area contributed by atoms with Crippen LogP contribution in [0.2, 0.25) is 0 Å². The van der Waals surface area contributed by atoms with Gasteiger partial charge in [0.1, 0.15) is 17.5 Å². The van der Waals surface area contributed by atoms with Gasteiger partial charge in [-0.05, 0) is 24.3 Å². The van der Waals surface area contributed by atoms with Gasteiger partial charge in [0.15, 0.2) is 0 Å². The molecular formula is C15H9N3O4. The van der Waals surface area contributed by atoms with Crippen LogP contribution in [-0.2, 0) is 11.9 Å². The van der Waals surface area contributed by atoms with Gasteiger partial charge in [0.05, 0.1) is 11.1 Å². The van der Waals surface area contributed by atoms with E-state index < -0.39 is 17.8 Å². The first kappa shape index (κ1) is 13.6. The second-order valence-corrected chi connectivity index (χ2v) is 4.60. The summed E-state index contributed by atoms with van der Waals surface area (Å²) in [5.74, 6) is -2.27. The SMILES string of the molecule is Cn1c(C#N)ccc1C(=O)ON1C(=O)c2ccccc2C1=O. The van der Waals surface area contributed by atoms with Gasteiger partial charge in [-0.15, -0.1) is 0 Å². The standard InChI is InChI=1S/C15H9N3O4/c1-17-9(8-16)6-7-12(17)15(21)22-18-13(19)10-4-2-3-5-11(10)14(18)20/h2-7H,1H3. The van der Waals surface area contributed by atoms with Crippen LogP contribution in [0.15, 0.2) is 36.4 Å². The summed E-state index contributed by atoms with van der Waals surface area (Å²) < 4.78 is 1.32. The molecule has 1 aromatic carbocycles. The Balaban J connectivity index is 1.87. The van der Waals surface area contributed by atoms with Crippen molar-refractivity contribution in [3.63, 3.8) is 0 Å². The van der Waals surface area contributed by atoms with Crippen LogP contribution in [0.5, 0.6) is 0 Å². The van der Waals surface area contributed by atoms with Crippen LogP contribution in [0.25, 0.3) is 0 Å². The van der Waals surface area contributed by atoms with Gasteiger partial charge in [-0.3, -0.25) is 9.59 Å². The Kier molecular flexibility index (Phi) is 3.00. The average molecular weight is 295 g/mol. The van der Waals surface area contributed by atoms with Crippen LogP contribution in [0.4, 0.5) is 0 Å². The molecule has 0 spiro atoms. The van der Waals surface area contributed by atoms with Crippen LogP contribution in [-0.4, -0.2) is 27.4 Å². The summed E-state index contributed by atoms with van der Waals surface area (Å²) in [6.07, 6.45) is 0. The number of carbonyl (C=O) groups excluding carboxylic acids is 3. The summed E-state index contributed by atoms with van der Waals surface area (Å²) in [7, 11) is 1.51. The number of rotatable bonds is 2. The van der Waals surface area contributed by atoms with Crippen LogP contribution < -0.4 is 0 Å². The normalized spacial score (nSPS) is 13.0. The van der Waals surface area contributed by atoms with E-state index in [1.807, 2.05) is 6.07 Å². The van der Waals surface area contributed by atoms with Crippen LogP contribution in [0.1, 0.15) is 36.9 Å². The molecule has 7 nitrogen and oxygen atoms in total. The van der Waals surface area contributed by atoms with E-state index in [4.69, 9.17) is 10.1 Å². The Bertz CT molecular complexity index is 825. The van der Waals surface area contributed by atoms with E-state index in [2.05, 4.69) is 0 Å². The lowest BCUT2D eigenvalue weighted by Crippen LogP contribution is -2.33. The number of nitriles is 1. The number of fused-ring (bicyclic) bond motifs is 1. The minimum absolute atomic E-state index is 0.0631. The molecule has 2 amide bonds. The Morgan fingerprint density at radius 1 is 1.09 bits per heavy atom. The molecule has 0 N–H and O–H groups in total. The lowest BCUT2D eigenvalue weighted by Gasteiger charge is -2.12. The Morgan fingerprint density at radius 3 is 2.18 bits per heavy atom. The molecule has 0 atom stereocenters. The van der Waals surface area contributed by atoms with Crippen molar-refractivity contribution in [1.29, 1.82) is 5.26 Å². The maximum Gasteiger partial charge on any atom is 0.380 e. The maximum atomic E-state index is 12.1. The second kappa shape index (κ2) is 4.86. The van der Waals surface area contributed by atoms with E-state index in [9.17, 15) is 14.4 Å². The average Bonchev–Trinajstić information content (AvgIpc) is 3.01. The predicted molar refractivity (Wildman–Crippen MR) is 72.5 cm³/mol. The van der Waals surface area contributed by atoms with E-state index in [0.29, 0.717) is 5.06 Å². The number of hydrogen-bond acceptors (Lipinski definition) is 5.